The molecule has 0 radical (unpaired) electrons. The summed E-state index contributed by atoms with van der Waals surface area (Å²) >= 11 is 6.00. The molecule has 1 aromatic carbocycles. The van der Waals surface area contributed by atoms with E-state index in [0.717, 1.165) is 22.6 Å². The van der Waals surface area contributed by atoms with Gasteiger partial charge in [-0.2, -0.15) is 0 Å². The van der Waals surface area contributed by atoms with Gasteiger partial charge in [-0.05, 0) is 50.6 Å². The highest BCUT2D eigenvalue weighted by atomic mass is 35.5. The number of benzene rings is 1. The molecular formula is C14H14ClNO2. The van der Waals surface area contributed by atoms with Crippen LogP contribution in [0.4, 0.5) is 0 Å². The zero-order valence-corrected chi connectivity index (χ0v) is 11.2. The highest BCUT2D eigenvalue weighted by molar-refractivity contribution is 6.31. The first-order chi connectivity index (χ1) is 8.41. The first-order valence-corrected chi connectivity index (χ1v) is 5.98. The quantitative estimate of drug-likeness (QED) is 0.897. The summed E-state index contributed by atoms with van der Waals surface area (Å²) in [6, 6.07) is 7.35. The van der Waals surface area contributed by atoms with Gasteiger partial charge in [-0.1, -0.05) is 11.6 Å². The molecule has 18 heavy (non-hydrogen) atoms. The number of carbonyl (C=O) groups is 1. The molecule has 1 aromatic heterocycles. The van der Waals surface area contributed by atoms with Crippen LogP contribution in [0.15, 0.2) is 24.3 Å². The van der Waals surface area contributed by atoms with Crippen LogP contribution in [0.5, 0.6) is 0 Å². The molecule has 0 bridgehead atoms. The van der Waals surface area contributed by atoms with E-state index in [1.165, 1.54) is 0 Å². The van der Waals surface area contributed by atoms with Crippen molar-refractivity contribution < 1.29 is 9.90 Å². The molecule has 0 aliphatic rings. The predicted octanol–water partition coefficient (Wildman–Crippen LogP) is 3.75. The lowest BCUT2D eigenvalue weighted by Crippen LogP contribution is -2.02. The molecule has 0 aliphatic heterocycles. The smallest absolute Gasteiger partial charge is 0.337 e. The van der Waals surface area contributed by atoms with E-state index in [1.54, 1.807) is 13.0 Å². The monoisotopic (exact) mass is 263 g/mol. The number of carboxylic acids is 1. The molecule has 0 spiro atoms. The molecule has 1 heterocycles. The molecule has 4 heteroatoms. The third-order valence-electron chi connectivity index (χ3n) is 3.06. The Balaban J connectivity index is 2.64. The molecule has 0 fully saturated rings. The van der Waals surface area contributed by atoms with E-state index in [1.807, 2.05) is 36.6 Å². The molecule has 0 saturated carbocycles. The van der Waals surface area contributed by atoms with Crippen LogP contribution in [0.25, 0.3) is 5.69 Å². The minimum atomic E-state index is -0.903. The Labute approximate surface area is 111 Å². The molecule has 94 valence electrons. The van der Waals surface area contributed by atoms with Crippen molar-refractivity contribution in [1.82, 2.24) is 4.57 Å². The van der Waals surface area contributed by atoms with E-state index >= 15 is 0 Å². The fourth-order valence-corrected chi connectivity index (χ4v) is 2.26. The van der Waals surface area contributed by atoms with Gasteiger partial charge in [0.2, 0.25) is 0 Å². The molecule has 0 atom stereocenters. The van der Waals surface area contributed by atoms with Gasteiger partial charge >= 0.3 is 5.97 Å². The van der Waals surface area contributed by atoms with Crippen molar-refractivity contribution in [1.29, 1.82) is 0 Å². The van der Waals surface area contributed by atoms with Crippen LogP contribution >= 0.6 is 11.6 Å². The summed E-state index contributed by atoms with van der Waals surface area (Å²) in [6.45, 7) is 5.63. The summed E-state index contributed by atoms with van der Waals surface area (Å²) in [5, 5.41) is 9.82. The van der Waals surface area contributed by atoms with E-state index in [-0.39, 0.29) is 0 Å². The number of aryl methyl sites for hydroxylation is 2. The van der Waals surface area contributed by atoms with Gasteiger partial charge in [-0.25, -0.2) is 4.79 Å². The first-order valence-electron chi connectivity index (χ1n) is 5.60. The lowest BCUT2D eigenvalue weighted by molar-refractivity contribution is 0.0696. The number of rotatable bonds is 2. The minimum Gasteiger partial charge on any atom is -0.478 e. The van der Waals surface area contributed by atoms with Crippen molar-refractivity contribution in [3.05, 3.63) is 51.8 Å². The van der Waals surface area contributed by atoms with Gasteiger partial charge in [-0.3, -0.25) is 0 Å². The van der Waals surface area contributed by atoms with Crippen LogP contribution < -0.4 is 0 Å². The molecule has 0 aliphatic carbocycles. The van der Waals surface area contributed by atoms with E-state index in [9.17, 15) is 4.79 Å². The summed E-state index contributed by atoms with van der Waals surface area (Å²) < 4.78 is 1.92. The zero-order chi connectivity index (χ0) is 13.4. The minimum absolute atomic E-state index is 0.333. The Kier molecular flexibility index (Phi) is 3.18. The summed E-state index contributed by atoms with van der Waals surface area (Å²) in [5.74, 6) is -0.903. The number of aromatic nitrogens is 1. The Morgan fingerprint density at radius 2 is 1.89 bits per heavy atom. The van der Waals surface area contributed by atoms with Crippen molar-refractivity contribution in [2.75, 3.05) is 0 Å². The molecule has 1 N–H and O–H groups in total. The lowest BCUT2D eigenvalue weighted by Gasteiger charge is -2.11. The lowest BCUT2D eigenvalue weighted by atomic mass is 10.2. The number of halogens is 1. The van der Waals surface area contributed by atoms with Crippen molar-refractivity contribution in [2.24, 2.45) is 0 Å². The number of aromatic carboxylic acids is 1. The normalized spacial score (nSPS) is 10.7. The summed E-state index contributed by atoms with van der Waals surface area (Å²) in [6.07, 6.45) is 0. The van der Waals surface area contributed by atoms with Crippen LogP contribution in [0.3, 0.4) is 0 Å². The van der Waals surface area contributed by atoms with Gasteiger partial charge in [0.25, 0.3) is 0 Å². The van der Waals surface area contributed by atoms with Gasteiger partial charge in [0, 0.05) is 22.1 Å². The molecule has 0 amide bonds. The maximum absolute atomic E-state index is 11.1. The average molecular weight is 264 g/mol. The third-order valence-corrected chi connectivity index (χ3v) is 3.49. The number of carboxylic acid groups (broad SMARTS) is 1. The van der Waals surface area contributed by atoms with Crippen molar-refractivity contribution in [3.63, 3.8) is 0 Å². The standard InChI is InChI=1S/C14H14ClNO2/c1-8-6-11(4-5-13(8)15)16-9(2)7-12(10(16)3)14(17)18/h4-7H,1-3H3,(H,17,18). The first kappa shape index (κ1) is 12.7. The summed E-state index contributed by atoms with van der Waals surface area (Å²) in [5.41, 5.74) is 3.85. The van der Waals surface area contributed by atoms with E-state index in [4.69, 9.17) is 16.7 Å². The van der Waals surface area contributed by atoms with E-state index in [2.05, 4.69) is 0 Å². The number of hydrogen-bond donors (Lipinski definition) is 1. The number of nitrogens with zero attached hydrogens (tertiary/aromatic N) is 1. The molecule has 0 unspecified atom stereocenters. The van der Waals surface area contributed by atoms with Crippen LogP contribution in [0.2, 0.25) is 5.02 Å². The van der Waals surface area contributed by atoms with Crippen LogP contribution in [0.1, 0.15) is 27.3 Å². The maximum Gasteiger partial charge on any atom is 0.337 e. The van der Waals surface area contributed by atoms with Gasteiger partial charge in [0.1, 0.15) is 0 Å². The molecule has 2 aromatic rings. The molecule has 0 saturated heterocycles. The second-order valence-corrected chi connectivity index (χ2v) is 4.77. The van der Waals surface area contributed by atoms with Crippen molar-refractivity contribution >= 4 is 17.6 Å². The Morgan fingerprint density at radius 3 is 2.39 bits per heavy atom. The molecule has 3 nitrogen and oxygen atoms in total. The fraction of sp³-hybridized carbons (Fsp3) is 0.214. The van der Waals surface area contributed by atoms with Gasteiger partial charge < -0.3 is 9.67 Å². The second kappa shape index (κ2) is 4.50. The van der Waals surface area contributed by atoms with Crippen molar-refractivity contribution in [2.45, 2.75) is 20.8 Å². The summed E-state index contributed by atoms with van der Waals surface area (Å²) in [7, 11) is 0. The number of hydrogen-bond acceptors (Lipinski definition) is 1. The van der Waals surface area contributed by atoms with Gasteiger partial charge in [0.15, 0.2) is 0 Å². The molecular weight excluding hydrogens is 250 g/mol. The molecule has 2 rings (SSSR count). The van der Waals surface area contributed by atoms with Crippen LogP contribution in [-0.4, -0.2) is 15.6 Å². The van der Waals surface area contributed by atoms with E-state index < -0.39 is 5.97 Å². The Hall–Kier alpha value is -1.74. The van der Waals surface area contributed by atoms with Crippen molar-refractivity contribution in [3.8, 4) is 5.69 Å². The zero-order valence-electron chi connectivity index (χ0n) is 10.5. The third kappa shape index (κ3) is 2.02. The summed E-state index contributed by atoms with van der Waals surface area (Å²) in [4.78, 5) is 11.1. The topological polar surface area (TPSA) is 42.2 Å². The Morgan fingerprint density at radius 1 is 1.22 bits per heavy atom. The Bertz CT molecular complexity index is 629. The van der Waals surface area contributed by atoms with E-state index in [0.29, 0.717) is 10.6 Å². The van der Waals surface area contributed by atoms with Gasteiger partial charge in [-0.15, -0.1) is 0 Å². The maximum atomic E-state index is 11.1. The SMILES string of the molecule is Cc1cc(-n2c(C)cc(C(=O)O)c2C)ccc1Cl. The van der Waals surface area contributed by atoms with Gasteiger partial charge in [0.05, 0.1) is 5.56 Å². The second-order valence-electron chi connectivity index (χ2n) is 4.36. The predicted molar refractivity (Wildman–Crippen MR) is 71.9 cm³/mol. The highest BCUT2D eigenvalue weighted by Crippen LogP contribution is 2.24. The largest absolute Gasteiger partial charge is 0.478 e. The highest BCUT2D eigenvalue weighted by Gasteiger charge is 2.15. The van der Waals surface area contributed by atoms with Crippen LogP contribution in [0, 0.1) is 20.8 Å². The average Bonchev–Trinajstić information content (AvgIpc) is 2.59. The van der Waals surface area contributed by atoms with Crippen LogP contribution in [-0.2, 0) is 0 Å². The fourth-order valence-electron chi connectivity index (χ4n) is 2.14.